The fourth-order valence-electron chi connectivity index (χ4n) is 1.28. The van der Waals surface area contributed by atoms with E-state index < -0.39 is 22.8 Å². The van der Waals surface area contributed by atoms with Crippen LogP contribution in [0.1, 0.15) is 41.5 Å². The van der Waals surface area contributed by atoms with E-state index >= 15 is 0 Å². The number of thioether (sulfide) groups is 2. The van der Waals surface area contributed by atoms with Crippen LogP contribution in [0.5, 0.6) is 0 Å². The van der Waals surface area contributed by atoms with Crippen LogP contribution in [0.25, 0.3) is 0 Å². The molecule has 0 rings (SSSR count). The molecule has 0 aromatic heterocycles. The van der Waals surface area contributed by atoms with Gasteiger partial charge in [0.1, 0.15) is 24.8 Å². The van der Waals surface area contributed by atoms with Gasteiger partial charge in [-0.25, -0.2) is 0 Å². The van der Waals surface area contributed by atoms with E-state index in [-0.39, 0.29) is 47.8 Å². The van der Waals surface area contributed by atoms with Gasteiger partial charge in [-0.05, 0) is 0 Å². The van der Waals surface area contributed by atoms with Crippen LogP contribution in [0, 0.1) is 10.8 Å². The zero-order valence-electron chi connectivity index (χ0n) is 16.5. The van der Waals surface area contributed by atoms with Crippen molar-refractivity contribution in [3.05, 3.63) is 0 Å². The lowest BCUT2D eigenvalue weighted by molar-refractivity contribution is -0.148. The van der Waals surface area contributed by atoms with Crippen molar-refractivity contribution in [3.8, 4) is 0 Å². The van der Waals surface area contributed by atoms with E-state index in [1.165, 1.54) is 23.5 Å². The lowest BCUT2D eigenvalue weighted by Gasteiger charge is -2.15. The summed E-state index contributed by atoms with van der Waals surface area (Å²) in [6.45, 7) is 11.0. The van der Waals surface area contributed by atoms with Gasteiger partial charge in [-0.1, -0.05) is 41.5 Å². The summed E-state index contributed by atoms with van der Waals surface area (Å²) in [4.78, 5) is 46.5. The van der Waals surface area contributed by atoms with Crippen molar-refractivity contribution in [2.45, 2.75) is 41.5 Å². The molecule has 0 amide bonds. The number of ketones is 2. The second-order valence-electron chi connectivity index (χ2n) is 7.77. The molecule has 0 bridgehead atoms. The first-order valence-corrected chi connectivity index (χ1v) is 10.7. The third-order valence-corrected chi connectivity index (χ3v) is 5.00. The third-order valence-electron chi connectivity index (χ3n) is 3.19. The fraction of sp³-hybridized carbons (Fsp3) is 0.778. The SMILES string of the molecule is CC(C)(C)C(=O)CSCC(=O)OCCOC(=O)CSCC(=O)C(C)(C)C. The highest BCUT2D eigenvalue weighted by Crippen LogP contribution is 2.18. The Morgan fingerprint density at radius 3 is 1.19 bits per heavy atom. The van der Waals surface area contributed by atoms with Gasteiger partial charge < -0.3 is 9.47 Å². The minimum atomic E-state index is -0.446. The molecule has 0 unspecified atom stereocenters. The fourth-order valence-corrected chi connectivity index (χ4v) is 3.22. The number of ether oxygens (including phenoxy) is 2. The predicted octanol–water partition coefficient (Wildman–Crippen LogP) is 2.77. The molecule has 0 spiro atoms. The number of hydrogen-bond acceptors (Lipinski definition) is 8. The van der Waals surface area contributed by atoms with Crippen LogP contribution < -0.4 is 0 Å². The molecule has 0 aromatic carbocycles. The van der Waals surface area contributed by atoms with E-state index in [4.69, 9.17) is 9.47 Å². The Hall–Kier alpha value is -1.02. The maximum atomic E-state index is 11.7. The molecule has 0 aliphatic carbocycles. The quantitative estimate of drug-likeness (QED) is 0.382. The van der Waals surface area contributed by atoms with Gasteiger partial charge in [0.25, 0.3) is 0 Å². The van der Waals surface area contributed by atoms with Gasteiger partial charge in [-0.3, -0.25) is 19.2 Å². The van der Waals surface area contributed by atoms with Crippen LogP contribution >= 0.6 is 23.5 Å². The second-order valence-corrected chi connectivity index (χ2v) is 9.74. The standard InChI is InChI=1S/C18H30O6S2/c1-17(2,3)13(19)9-25-11-15(21)23-7-8-24-16(22)12-26-10-14(20)18(4,5)6/h7-12H2,1-6H3. The lowest BCUT2D eigenvalue weighted by atomic mass is 9.92. The average molecular weight is 407 g/mol. The van der Waals surface area contributed by atoms with Crippen molar-refractivity contribution in [2.75, 3.05) is 36.2 Å². The van der Waals surface area contributed by atoms with Gasteiger partial charge in [-0.15, -0.1) is 23.5 Å². The Kier molecular flexibility index (Phi) is 11.2. The highest BCUT2D eigenvalue weighted by molar-refractivity contribution is 8.00. The van der Waals surface area contributed by atoms with Gasteiger partial charge in [0.15, 0.2) is 0 Å². The Bertz CT molecular complexity index is 457. The summed E-state index contributed by atoms with van der Waals surface area (Å²) in [7, 11) is 0. The van der Waals surface area contributed by atoms with Crippen LogP contribution in [0.4, 0.5) is 0 Å². The molecule has 0 atom stereocenters. The van der Waals surface area contributed by atoms with Crippen molar-refractivity contribution in [2.24, 2.45) is 10.8 Å². The van der Waals surface area contributed by atoms with E-state index in [0.29, 0.717) is 0 Å². The van der Waals surface area contributed by atoms with Gasteiger partial charge in [-0.2, -0.15) is 0 Å². The molecular formula is C18H30O6S2. The summed E-state index contributed by atoms with van der Waals surface area (Å²) in [6.07, 6.45) is 0. The van der Waals surface area contributed by atoms with Gasteiger partial charge >= 0.3 is 11.9 Å². The number of esters is 2. The molecule has 0 aromatic rings. The maximum Gasteiger partial charge on any atom is 0.316 e. The van der Waals surface area contributed by atoms with Crippen molar-refractivity contribution in [3.63, 3.8) is 0 Å². The monoisotopic (exact) mass is 406 g/mol. The van der Waals surface area contributed by atoms with Crippen molar-refractivity contribution < 1.29 is 28.7 Å². The molecule has 0 aliphatic heterocycles. The van der Waals surface area contributed by atoms with E-state index in [1.807, 2.05) is 41.5 Å². The molecule has 0 heterocycles. The molecule has 0 fully saturated rings. The summed E-state index contributed by atoms with van der Waals surface area (Å²) in [5.74, 6) is -0.0498. The van der Waals surface area contributed by atoms with Gasteiger partial charge in [0.05, 0.1) is 23.0 Å². The van der Waals surface area contributed by atoms with Crippen LogP contribution in [0.2, 0.25) is 0 Å². The molecule has 8 heteroatoms. The van der Waals surface area contributed by atoms with Crippen LogP contribution in [-0.2, 0) is 28.7 Å². The van der Waals surface area contributed by atoms with E-state index in [2.05, 4.69) is 0 Å². The summed E-state index contributed by atoms with van der Waals surface area (Å²) >= 11 is 2.42. The summed E-state index contributed by atoms with van der Waals surface area (Å²) in [5.41, 5.74) is -0.832. The largest absolute Gasteiger partial charge is 0.461 e. The zero-order chi connectivity index (χ0) is 20.4. The molecule has 26 heavy (non-hydrogen) atoms. The van der Waals surface area contributed by atoms with Gasteiger partial charge in [0, 0.05) is 10.8 Å². The zero-order valence-corrected chi connectivity index (χ0v) is 18.1. The smallest absolute Gasteiger partial charge is 0.316 e. The van der Waals surface area contributed by atoms with E-state index in [0.717, 1.165) is 0 Å². The Morgan fingerprint density at radius 1 is 0.615 bits per heavy atom. The normalized spacial score (nSPS) is 11.8. The molecule has 0 radical (unpaired) electrons. The topological polar surface area (TPSA) is 86.7 Å². The first-order chi connectivity index (χ1) is 11.8. The molecular weight excluding hydrogens is 376 g/mol. The van der Waals surface area contributed by atoms with Crippen LogP contribution in [-0.4, -0.2) is 59.7 Å². The summed E-state index contributed by atoms with van der Waals surface area (Å²) in [5, 5.41) is 0. The Labute approximate surface area is 164 Å². The maximum absolute atomic E-state index is 11.7. The molecule has 6 nitrogen and oxygen atoms in total. The molecule has 0 N–H and O–H groups in total. The second kappa shape index (κ2) is 11.6. The van der Waals surface area contributed by atoms with E-state index in [1.54, 1.807) is 0 Å². The highest BCUT2D eigenvalue weighted by Gasteiger charge is 2.22. The molecule has 0 saturated carbocycles. The number of carbonyl (C=O) groups is 4. The number of Topliss-reactive ketones (excluding diaryl/α,β-unsaturated/α-hetero) is 2. The van der Waals surface area contributed by atoms with Gasteiger partial charge in [0.2, 0.25) is 0 Å². The van der Waals surface area contributed by atoms with E-state index in [9.17, 15) is 19.2 Å². The Balaban J connectivity index is 3.73. The molecule has 0 aliphatic rings. The van der Waals surface area contributed by atoms with Crippen LogP contribution in [0.3, 0.4) is 0 Å². The first kappa shape index (κ1) is 25.0. The van der Waals surface area contributed by atoms with Crippen molar-refractivity contribution >= 4 is 47.0 Å². The third kappa shape index (κ3) is 12.4. The molecule has 150 valence electrons. The number of rotatable bonds is 11. The summed E-state index contributed by atoms with van der Waals surface area (Å²) in [6, 6.07) is 0. The minimum absolute atomic E-state index is 0.0239. The number of carbonyl (C=O) groups excluding carboxylic acids is 4. The predicted molar refractivity (Wildman–Crippen MR) is 105 cm³/mol. The van der Waals surface area contributed by atoms with Crippen molar-refractivity contribution in [1.29, 1.82) is 0 Å². The highest BCUT2D eigenvalue weighted by atomic mass is 32.2. The van der Waals surface area contributed by atoms with Crippen molar-refractivity contribution in [1.82, 2.24) is 0 Å². The summed E-state index contributed by atoms with van der Waals surface area (Å²) < 4.78 is 9.88. The first-order valence-electron chi connectivity index (χ1n) is 8.37. The minimum Gasteiger partial charge on any atom is -0.461 e. The number of hydrogen-bond donors (Lipinski definition) is 0. The lowest BCUT2D eigenvalue weighted by Crippen LogP contribution is -2.23. The average Bonchev–Trinajstić information content (AvgIpc) is 2.49. The van der Waals surface area contributed by atoms with Crippen LogP contribution in [0.15, 0.2) is 0 Å². The molecule has 0 saturated heterocycles. The Morgan fingerprint density at radius 2 is 0.923 bits per heavy atom.